The van der Waals surface area contributed by atoms with Gasteiger partial charge in [0.2, 0.25) is 5.89 Å². The van der Waals surface area contributed by atoms with Gasteiger partial charge in [-0.1, -0.05) is 18.2 Å². The summed E-state index contributed by atoms with van der Waals surface area (Å²) in [5.74, 6) is 1.09. The second kappa shape index (κ2) is 9.30. The second-order valence-corrected chi connectivity index (χ2v) is 7.17. The molecule has 0 saturated heterocycles. The van der Waals surface area contributed by atoms with E-state index in [0.29, 0.717) is 28.4 Å². The number of methoxy groups -OCH3 is 2. The molecule has 0 bridgehead atoms. The van der Waals surface area contributed by atoms with Crippen LogP contribution in [0.15, 0.2) is 77.3 Å². The van der Waals surface area contributed by atoms with Gasteiger partial charge >= 0.3 is 6.18 Å². The summed E-state index contributed by atoms with van der Waals surface area (Å²) < 4.78 is 55.5. The summed E-state index contributed by atoms with van der Waals surface area (Å²) in [5.41, 5.74) is 0.365. The number of nitrogens with zero attached hydrogens (tertiary/aromatic N) is 1. The van der Waals surface area contributed by atoms with Gasteiger partial charge in [-0.3, -0.25) is 4.79 Å². The number of amides is 1. The minimum absolute atomic E-state index is 0.0192. The van der Waals surface area contributed by atoms with E-state index in [1.807, 2.05) is 0 Å². The first kappa shape index (κ1) is 22.9. The number of aromatic nitrogens is 1. The number of oxazole rings is 1. The molecular weight excluding hydrogens is 449 g/mol. The van der Waals surface area contributed by atoms with Crippen molar-refractivity contribution in [1.29, 1.82) is 0 Å². The molecule has 0 radical (unpaired) electrons. The number of hydrogen-bond donors (Lipinski definition) is 1. The highest BCUT2D eigenvalue weighted by molar-refractivity contribution is 6.08. The number of rotatable bonds is 6. The minimum Gasteiger partial charge on any atom is -0.497 e. The summed E-state index contributed by atoms with van der Waals surface area (Å²) in [6.07, 6.45) is -3.02. The topological polar surface area (TPSA) is 73.6 Å². The third-order valence-corrected chi connectivity index (χ3v) is 5.03. The highest BCUT2D eigenvalue weighted by atomic mass is 19.4. The van der Waals surface area contributed by atoms with E-state index in [4.69, 9.17) is 13.9 Å². The summed E-state index contributed by atoms with van der Waals surface area (Å²) in [4.78, 5) is 17.2. The van der Waals surface area contributed by atoms with Crippen LogP contribution in [0.1, 0.15) is 15.9 Å². The predicted molar refractivity (Wildman–Crippen MR) is 120 cm³/mol. The zero-order chi connectivity index (χ0) is 24.3. The molecule has 1 aromatic heterocycles. The van der Waals surface area contributed by atoms with Crippen LogP contribution in [-0.4, -0.2) is 25.1 Å². The Kier molecular flexibility index (Phi) is 6.27. The summed E-state index contributed by atoms with van der Waals surface area (Å²) in [5, 5.41) is 2.51. The van der Waals surface area contributed by atoms with Crippen molar-refractivity contribution in [3.8, 4) is 34.3 Å². The Bertz CT molecular complexity index is 1330. The van der Waals surface area contributed by atoms with E-state index in [-0.39, 0.29) is 17.1 Å². The van der Waals surface area contributed by atoms with Crippen LogP contribution in [0, 0.1) is 0 Å². The molecular formula is C25H19F3N2O4. The number of carbonyl (C=O) groups excluding carboxylic acids is 1. The third kappa shape index (κ3) is 4.73. The standard InChI is InChI=1S/C25H19F3N2O4/c1-32-17-10-11-20(21(13-17)33-2)22-14-29-24(34-22)19-9-4-3-8-18(19)23(31)30-16-7-5-6-15(12-16)25(26,27)28/h3-14H,1-2H3,(H,30,31). The lowest BCUT2D eigenvalue weighted by atomic mass is 10.1. The van der Waals surface area contributed by atoms with Crippen LogP contribution in [-0.2, 0) is 6.18 Å². The molecule has 0 saturated carbocycles. The van der Waals surface area contributed by atoms with E-state index in [0.717, 1.165) is 12.1 Å². The fourth-order valence-electron chi connectivity index (χ4n) is 3.36. The number of hydrogen-bond acceptors (Lipinski definition) is 5. The fourth-order valence-corrected chi connectivity index (χ4v) is 3.36. The molecule has 1 amide bonds. The van der Waals surface area contributed by atoms with Gasteiger partial charge in [0.25, 0.3) is 5.91 Å². The van der Waals surface area contributed by atoms with Crippen LogP contribution in [0.3, 0.4) is 0 Å². The number of alkyl halides is 3. The normalized spacial score (nSPS) is 11.2. The van der Waals surface area contributed by atoms with Crippen molar-refractivity contribution in [2.24, 2.45) is 0 Å². The predicted octanol–water partition coefficient (Wildman–Crippen LogP) is 6.30. The van der Waals surface area contributed by atoms with Gasteiger partial charge in [0.1, 0.15) is 11.5 Å². The quantitative estimate of drug-likeness (QED) is 0.360. The molecule has 4 rings (SSSR count). The van der Waals surface area contributed by atoms with Crippen LogP contribution in [0.2, 0.25) is 0 Å². The molecule has 0 spiro atoms. The van der Waals surface area contributed by atoms with Gasteiger partial charge in [0.05, 0.1) is 37.1 Å². The van der Waals surface area contributed by atoms with Crippen molar-refractivity contribution in [2.75, 3.05) is 19.5 Å². The third-order valence-electron chi connectivity index (χ3n) is 5.03. The molecule has 0 aliphatic heterocycles. The van der Waals surface area contributed by atoms with Crippen molar-refractivity contribution in [3.63, 3.8) is 0 Å². The van der Waals surface area contributed by atoms with Gasteiger partial charge in [-0.2, -0.15) is 13.2 Å². The number of nitrogens with one attached hydrogen (secondary N) is 1. The van der Waals surface area contributed by atoms with Crippen LogP contribution in [0.25, 0.3) is 22.8 Å². The lowest BCUT2D eigenvalue weighted by molar-refractivity contribution is -0.137. The molecule has 4 aromatic rings. The molecule has 0 fully saturated rings. The molecule has 34 heavy (non-hydrogen) atoms. The first-order valence-corrected chi connectivity index (χ1v) is 10.1. The van der Waals surface area contributed by atoms with Gasteiger partial charge in [0.15, 0.2) is 5.76 Å². The first-order valence-electron chi connectivity index (χ1n) is 10.1. The first-order chi connectivity index (χ1) is 16.3. The summed E-state index contributed by atoms with van der Waals surface area (Å²) in [6, 6.07) is 16.2. The number of ether oxygens (including phenoxy) is 2. The Labute approximate surface area is 193 Å². The molecule has 0 unspecified atom stereocenters. The number of benzene rings is 3. The molecule has 0 aliphatic rings. The SMILES string of the molecule is COc1ccc(-c2cnc(-c3ccccc3C(=O)Nc3cccc(C(F)(F)F)c3)o2)c(OC)c1. The smallest absolute Gasteiger partial charge is 0.416 e. The fraction of sp³-hybridized carbons (Fsp3) is 0.120. The molecule has 174 valence electrons. The molecule has 9 heteroatoms. The monoisotopic (exact) mass is 468 g/mol. The Morgan fingerprint density at radius 1 is 0.941 bits per heavy atom. The lowest BCUT2D eigenvalue weighted by Gasteiger charge is -2.11. The Balaban J connectivity index is 1.64. The summed E-state index contributed by atoms with van der Waals surface area (Å²) in [6.45, 7) is 0. The van der Waals surface area contributed by atoms with Crippen LogP contribution < -0.4 is 14.8 Å². The van der Waals surface area contributed by atoms with E-state index >= 15 is 0 Å². The Morgan fingerprint density at radius 3 is 2.47 bits per heavy atom. The maximum atomic E-state index is 13.0. The maximum absolute atomic E-state index is 13.0. The average Bonchev–Trinajstić information content (AvgIpc) is 3.33. The second-order valence-electron chi connectivity index (χ2n) is 7.17. The van der Waals surface area contributed by atoms with Crippen molar-refractivity contribution in [1.82, 2.24) is 4.98 Å². The number of carbonyl (C=O) groups is 1. The Morgan fingerprint density at radius 2 is 1.74 bits per heavy atom. The van der Waals surface area contributed by atoms with Crippen molar-refractivity contribution in [2.45, 2.75) is 6.18 Å². The van der Waals surface area contributed by atoms with E-state index in [1.165, 1.54) is 31.5 Å². The summed E-state index contributed by atoms with van der Waals surface area (Å²) >= 11 is 0. The maximum Gasteiger partial charge on any atom is 0.416 e. The molecule has 1 heterocycles. The lowest BCUT2D eigenvalue weighted by Crippen LogP contribution is -2.14. The van der Waals surface area contributed by atoms with Gasteiger partial charge in [-0.05, 0) is 42.5 Å². The minimum atomic E-state index is -4.52. The molecule has 3 aromatic carbocycles. The molecule has 0 aliphatic carbocycles. The molecule has 1 N–H and O–H groups in total. The molecule has 0 atom stereocenters. The van der Waals surface area contributed by atoms with E-state index < -0.39 is 17.6 Å². The largest absolute Gasteiger partial charge is 0.497 e. The van der Waals surface area contributed by atoms with Gasteiger partial charge in [0, 0.05) is 17.3 Å². The van der Waals surface area contributed by atoms with Crippen molar-refractivity contribution >= 4 is 11.6 Å². The van der Waals surface area contributed by atoms with Crippen LogP contribution >= 0.6 is 0 Å². The van der Waals surface area contributed by atoms with Gasteiger partial charge in [-0.15, -0.1) is 0 Å². The average molecular weight is 468 g/mol. The van der Waals surface area contributed by atoms with Crippen molar-refractivity contribution in [3.05, 3.63) is 84.1 Å². The highest BCUT2D eigenvalue weighted by Gasteiger charge is 2.30. The van der Waals surface area contributed by atoms with Gasteiger partial charge in [-0.25, -0.2) is 4.98 Å². The molecule has 6 nitrogen and oxygen atoms in total. The number of halogens is 3. The zero-order valence-corrected chi connectivity index (χ0v) is 18.1. The van der Waals surface area contributed by atoms with Crippen LogP contribution in [0.5, 0.6) is 11.5 Å². The van der Waals surface area contributed by atoms with E-state index in [2.05, 4.69) is 10.3 Å². The van der Waals surface area contributed by atoms with Crippen LogP contribution in [0.4, 0.5) is 18.9 Å². The van der Waals surface area contributed by atoms with E-state index in [1.54, 1.807) is 43.5 Å². The van der Waals surface area contributed by atoms with Crippen molar-refractivity contribution < 1.29 is 31.9 Å². The van der Waals surface area contributed by atoms with E-state index in [9.17, 15) is 18.0 Å². The number of anilines is 1. The highest BCUT2D eigenvalue weighted by Crippen LogP contribution is 2.36. The Hall–Kier alpha value is -4.27. The summed E-state index contributed by atoms with van der Waals surface area (Å²) in [7, 11) is 3.06. The zero-order valence-electron chi connectivity index (χ0n) is 18.1. The van der Waals surface area contributed by atoms with Gasteiger partial charge < -0.3 is 19.2 Å².